The van der Waals surface area contributed by atoms with Crippen LogP contribution in [-0.2, 0) is 16.1 Å². The summed E-state index contributed by atoms with van der Waals surface area (Å²) in [6, 6.07) is 14.6. The number of benzene rings is 2. The van der Waals surface area contributed by atoms with Crippen molar-refractivity contribution in [1.82, 2.24) is 9.80 Å². The van der Waals surface area contributed by atoms with E-state index < -0.39 is 5.72 Å². The molecule has 2 aromatic carbocycles. The summed E-state index contributed by atoms with van der Waals surface area (Å²) < 4.78 is 19.9. The maximum absolute atomic E-state index is 13.3. The third-order valence-electron chi connectivity index (χ3n) is 6.10. The van der Waals surface area contributed by atoms with Crippen LogP contribution in [0.25, 0.3) is 0 Å². The molecule has 0 saturated carbocycles. The number of carbonyl (C=O) groups is 1. The predicted octanol–water partition coefficient (Wildman–Crippen LogP) is 3.75. The van der Waals surface area contributed by atoms with Crippen LogP contribution in [0.2, 0.25) is 5.02 Å². The number of hydrogen-bond acceptors (Lipinski definition) is 3. The average molecular weight is 387 g/mol. The van der Waals surface area contributed by atoms with Gasteiger partial charge in [0.2, 0.25) is 5.91 Å². The minimum atomic E-state index is -0.551. The number of amides is 1. The summed E-state index contributed by atoms with van der Waals surface area (Å²) in [5.41, 5.74) is 1.43. The molecule has 3 fully saturated rings. The maximum Gasteiger partial charge on any atom is 0.226 e. The van der Waals surface area contributed by atoms with Gasteiger partial charge in [0.25, 0.3) is 0 Å². The van der Waals surface area contributed by atoms with Crippen molar-refractivity contribution >= 4 is 17.5 Å². The zero-order chi connectivity index (χ0) is 18.6. The summed E-state index contributed by atoms with van der Waals surface area (Å²) in [4.78, 5) is 16.9. The zero-order valence-corrected chi connectivity index (χ0v) is 15.5. The fraction of sp³-hybridized carbons (Fsp3) is 0.381. The van der Waals surface area contributed by atoms with Gasteiger partial charge in [0.05, 0.1) is 12.6 Å². The minimum absolute atomic E-state index is 0.000156. The molecule has 3 aliphatic rings. The highest BCUT2D eigenvalue weighted by Crippen LogP contribution is 2.51. The normalized spacial score (nSPS) is 30.0. The Kier molecular flexibility index (Phi) is 4.00. The number of carbonyl (C=O) groups excluding carboxylic acids is 1. The second-order valence-electron chi connectivity index (χ2n) is 7.54. The average Bonchev–Trinajstić information content (AvgIpc) is 3.28. The molecule has 1 spiro atoms. The highest BCUT2D eigenvalue weighted by Gasteiger charge is 2.63. The van der Waals surface area contributed by atoms with Crippen molar-refractivity contribution in [3.05, 3.63) is 70.5 Å². The van der Waals surface area contributed by atoms with Crippen molar-refractivity contribution < 1.29 is 13.9 Å². The van der Waals surface area contributed by atoms with Crippen LogP contribution in [0.4, 0.5) is 4.39 Å². The van der Waals surface area contributed by atoms with Gasteiger partial charge in [0, 0.05) is 31.0 Å². The van der Waals surface area contributed by atoms with Crippen molar-refractivity contribution in [2.45, 2.75) is 37.3 Å². The molecule has 5 rings (SSSR count). The van der Waals surface area contributed by atoms with Crippen molar-refractivity contribution in [2.24, 2.45) is 0 Å². The van der Waals surface area contributed by atoms with Gasteiger partial charge in [-0.15, -0.1) is 0 Å². The summed E-state index contributed by atoms with van der Waals surface area (Å²) in [6.45, 7) is 2.01. The quantitative estimate of drug-likeness (QED) is 0.805. The van der Waals surface area contributed by atoms with Crippen LogP contribution in [-0.4, -0.2) is 40.6 Å². The lowest BCUT2D eigenvalue weighted by Crippen LogP contribution is -2.47. The van der Waals surface area contributed by atoms with E-state index in [1.165, 1.54) is 12.1 Å². The van der Waals surface area contributed by atoms with Gasteiger partial charge in [0.15, 0.2) is 5.72 Å². The third-order valence-corrected chi connectivity index (χ3v) is 6.45. The summed E-state index contributed by atoms with van der Waals surface area (Å²) in [5, 5.41) is 0.423. The van der Waals surface area contributed by atoms with Gasteiger partial charge in [-0.1, -0.05) is 48.0 Å². The van der Waals surface area contributed by atoms with Crippen LogP contribution in [0.15, 0.2) is 48.5 Å². The fourth-order valence-corrected chi connectivity index (χ4v) is 5.03. The molecule has 0 N–H and O–H groups in total. The molecule has 0 unspecified atom stereocenters. The Hall–Kier alpha value is -1.95. The molecule has 3 aliphatic heterocycles. The van der Waals surface area contributed by atoms with E-state index in [1.54, 1.807) is 6.07 Å². The van der Waals surface area contributed by atoms with Gasteiger partial charge < -0.3 is 9.64 Å². The van der Waals surface area contributed by atoms with E-state index in [-0.39, 0.29) is 23.9 Å². The highest BCUT2D eigenvalue weighted by atomic mass is 35.5. The van der Waals surface area contributed by atoms with Crippen LogP contribution >= 0.6 is 11.6 Å². The zero-order valence-electron chi connectivity index (χ0n) is 14.8. The molecule has 0 aromatic heterocycles. The largest absolute Gasteiger partial charge is 0.344 e. The molecule has 140 valence electrons. The summed E-state index contributed by atoms with van der Waals surface area (Å²) >= 11 is 6.22. The van der Waals surface area contributed by atoms with Crippen LogP contribution < -0.4 is 0 Å². The van der Waals surface area contributed by atoms with Crippen molar-refractivity contribution in [3.8, 4) is 0 Å². The predicted molar refractivity (Wildman–Crippen MR) is 99.6 cm³/mol. The van der Waals surface area contributed by atoms with Crippen molar-refractivity contribution in [1.29, 1.82) is 0 Å². The molecule has 6 heteroatoms. The van der Waals surface area contributed by atoms with Gasteiger partial charge in [-0.3, -0.25) is 9.69 Å². The maximum atomic E-state index is 13.3. The first-order valence-corrected chi connectivity index (χ1v) is 9.66. The highest BCUT2D eigenvalue weighted by molar-refractivity contribution is 6.31. The standard InChI is InChI=1S/C21H20ClFN2O2/c22-17-10-16(23)7-6-15(17)12-24-9-8-21-19(24)11-20(26)25(21)13-18(27-21)14-4-2-1-3-5-14/h1-7,10,18-19H,8-9,11-13H2/t18-,19-,21+/m1/s1. The van der Waals surface area contributed by atoms with Crippen LogP contribution in [0.5, 0.6) is 0 Å². The van der Waals surface area contributed by atoms with Gasteiger partial charge >= 0.3 is 0 Å². The molecular formula is C21H20ClFN2O2. The molecule has 1 amide bonds. The van der Waals surface area contributed by atoms with E-state index in [9.17, 15) is 9.18 Å². The molecule has 0 bridgehead atoms. The van der Waals surface area contributed by atoms with E-state index in [2.05, 4.69) is 4.90 Å². The van der Waals surface area contributed by atoms with Gasteiger partial charge in [0.1, 0.15) is 11.9 Å². The topological polar surface area (TPSA) is 32.8 Å². The summed E-state index contributed by atoms with van der Waals surface area (Å²) in [7, 11) is 0. The third kappa shape index (κ3) is 2.68. The van der Waals surface area contributed by atoms with E-state index >= 15 is 0 Å². The molecule has 27 heavy (non-hydrogen) atoms. The Labute approximate surface area is 162 Å². The lowest BCUT2D eigenvalue weighted by Gasteiger charge is -2.32. The number of nitrogens with zero attached hydrogens (tertiary/aromatic N) is 2. The Balaban J connectivity index is 1.40. The first kappa shape index (κ1) is 17.2. The van der Waals surface area contributed by atoms with E-state index in [1.807, 2.05) is 35.2 Å². The number of hydrogen-bond donors (Lipinski definition) is 0. The van der Waals surface area contributed by atoms with Crippen LogP contribution in [0, 0.1) is 5.82 Å². The van der Waals surface area contributed by atoms with Crippen molar-refractivity contribution in [3.63, 3.8) is 0 Å². The second-order valence-corrected chi connectivity index (χ2v) is 7.95. The van der Waals surface area contributed by atoms with E-state index in [4.69, 9.17) is 16.3 Å². The lowest BCUT2D eigenvalue weighted by atomic mass is 10.1. The SMILES string of the molecule is O=C1C[C@H]2N(Cc3ccc(F)cc3Cl)CC[C@]23O[C@@H](c2ccccc2)CN13. The number of likely N-dealkylation sites (tertiary alicyclic amines) is 1. The minimum Gasteiger partial charge on any atom is -0.344 e. The monoisotopic (exact) mass is 386 g/mol. The second kappa shape index (κ2) is 6.30. The molecule has 3 atom stereocenters. The molecule has 3 saturated heterocycles. The fourth-order valence-electron chi connectivity index (χ4n) is 4.81. The number of ether oxygens (including phenoxy) is 1. The van der Waals surface area contributed by atoms with E-state index in [0.717, 1.165) is 24.1 Å². The molecule has 2 aromatic rings. The van der Waals surface area contributed by atoms with Crippen LogP contribution in [0.1, 0.15) is 30.1 Å². The number of halogens is 2. The van der Waals surface area contributed by atoms with Gasteiger partial charge in [-0.2, -0.15) is 0 Å². The Morgan fingerprint density at radius 2 is 2.04 bits per heavy atom. The first-order chi connectivity index (χ1) is 13.1. The Morgan fingerprint density at radius 1 is 1.22 bits per heavy atom. The van der Waals surface area contributed by atoms with E-state index in [0.29, 0.717) is 24.5 Å². The number of rotatable bonds is 3. The molecule has 3 heterocycles. The summed E-state index contributed by atoms with van der Waals surface area (Å²) in [5.74, 6) is -0.193. The van der Waals surface area contributed by atoms with Crippen molar-refractivity contribution in [2.75, 3.05) is 13.1 Å². The Morgan fingerprint density at radius 3 is 2.81 bits per heavy atom. The molecular weight excluding hydrogens is 367 g/mol. The first-order valence-electron chi connectivity index (χ1n) is 9.28. The molecule has 4 nitrogen and oxygen atoms in total. The smallest absolute Gasteiger partial charge is 0.226 e. The molecule has 0 aliphatic carbocycles. The summed E-state index contributed by atoms with van der Waals surface area (Å²) in [6.07, 6.45) is 1.15. The molecule has 0 radical (unpaired) electrons. The van der Waals surface area contributed by atoms with Crippen LogP contribution in [0.3, 0.4) is 0 Å². The Bertz CT molecular complexity index is 893. The van der Waals surface area contributed by atoms with Gasteiger partial charge in [-0.05, 0) is 23.3 Å². The van der Waals surface area contributed by atoms with Gasteiger partial charge in [-0.25, -0.2) is 4.39 Å². The lowest BCUT2D eigenvalue weighted by molar-refractivity contribution is -0.138.